The molecule has 0 saturated heterocycles. The lowest BCUT2D eigenvalue weighted by molar-refractivity contribution is -0.384. The van der Waals surface area contributed by atoms with E-state index in [9.17, 15) is 14.9 Å². The Kier molecular flexibility index (Phi) is 5.74. The van der Waals surface area contributed by atoms with Crippen LogP contribution in [0.4, 0.5) is 11.4 Å². The van der Waals surface area contributed by atoms with Gasteiger partial charge in [-0.3, -0.25) is 14.9 Å². The number of anilines is 1. The van der Waals surface area contributed by atoms with E-state index < -0.39 is 4.92 Å². The molecule has 9 nitrogen and oxygen atoms in total. The average molecular weight is 351 g/mol. The zero-order chi connectivity index (χ0) is 17.7. The van der Waals surface area contributed by atoms with E-state index >= 15 is 0 Å². The smallest absolute Gasteiger partial charge is 0.271 e. The number of aryl methyl sites for hydroxylation is 1. The van der Waals surface area contributed by atoms with E-state index in [0.29, 0.717) is 17.5 Å². The number of rotatable bonds is 7. The van der Waals surface area contributed by atoms with Crippen LogP contribution < -0.4 is 10.1 Å². The Morgan fingerprint density at radius 3 is 2.83 bits per heavy atom. The first-order valence-corrected chi connectivity index (χ1v) is 8.09. The maximum absolute atomic E-state index is 12.1. The van der Waals surface area contributed by atoms with Crippen LogP contribution in [0.2, 0.25) is 0 Å². The number of hydrogen-bond donors (Lipinski definition) is 1. The van der Waals surface area contributed by atoms with Gasteiger partial charge in [-0.25, -0.2) is 0 Å². The van der Waals surface area contributed by atoms with Crippen LogP contribution in [-0.4, -0.2) is 38.5 Å². The van der Waals surface area contributed by atoms with Crippen molar-refractivity contribution in [3.05, 3.63) is 34.1 Å². The van der Waals surface area contributed by atoms with Crippen LogP contribution in [0.3, 0.4) is 0 Å². The summed E-state index contributed by atoms with van der Waals surface area (Å²) in [7, 11) is 1.43. The second-order valence-corrected chi connectivity index (χ2v) is 5.70. The molecule has 24 heavy (non-hydrogen) atoms. The number of nitro groups is 1. The summed E-state index contributed by atoms with van der Waals surface area (Å²) in [5.41, 5.74) is 0.130. The highest BCUT2D eigenvalue weighted by molar-refractivity contribution is 7.99. The second kappa shape index (κ2) is 7.77. The van der Waals surface area contributed by atoms with E-state index in [2.05, 4.69) is 15.5 Å². The number of nitro benzene ring substituents is 1. The molecular weight excluding hydrogens is 334 g/mol. The summed E-state index contributed by atoms with van der Waals surface area (Å²) in [4.78, 5) is 22.4. The lowest BCUT2D eigenvalue weighted by atomic mass is 10.2. The number of nitrogens with zero attached hydrogens (tertiary/aromatic N) is 4. The fraction of sp³-hybridized carbons (Fsp3) is 0.357. The summed E-state index contributed by atoms with van der Waals surface area (Å²) < 4.78 is 7.01. The zero-order valence-electron chi connectivity index (χ0n) is 13.5. The summed E-state index contributed by atoms with van der Waals surface area (Å²) in [6.07, 6.45) is 0. The van der Waals surface area contributed by atoms with Crippen molar-refractivity contribution in [2.45, 2.75) is 25.5 Å². The van der Waals surface area contributed by atoms with Crippen molar-refractivity contribution >= 4 is 29.0 Å². The van der Waals surface area contributed by atoms with Crippen molar-refractivity contribution in [3.63, 3.8) is 0 Å². The van der Waals surface area contributed by atoms with Gasteiger partial charge in [0.15, 0.2) is 5.16 Å². The minimum Gasteiger partial charge on any atom is -0.495 e. The SMILES string of the molecule is CCn1c(C)nnc1SCC(=O)Nc1cc([N+](=O)[O-])ccc1OC. The molecule has 1 aromatic carbocycles. The monoisotopic (exact) mass is 351 g/mol. The molecule has 1 N–H and O–H groups in total. The van der Waals surface area contributed by atoms with E-state index in [1.807, 2.05) is 18.4 Å². The third-order valence-corrected chi connectivity index (χ3v) is 4.19. The lowest BCUT2D eigenvalue weighted by Crippen LogP contribution is -2.15. The molecule has 2 rings (SSSR count). The fourth-order valence-corrected chi connectivity index (χ4v) is 2.90. The Hall–Kier alpha value is -2.62. The van der Waals surface area contributed by atoms with Crippen LogP contribution in [0, 0.1) is 17.0 Å². The topological polar surface area (TPSA) is 112 Å². The van der Waals surface area contributed by atoms with Gasteiger partial charge >= 0.3 is 0 Å². The predicted molar refractivity (Wildman–Crippen MR) is 89.4 cm³/mol. The van der Waals surface area contributed by atoms with Gasteiger partial charge in [0.25, 0.3) is 5.69 Å². The molecule has 0 aliphatic carbocycles. The number of aromatic nitrogens is 3. The Morgan fingerprint density at radius 2 is 2.21 bits per heavy atom. The Morgan fingerprint density at radius 1 is 1.46 bits per heavy atom. The van der Waals surface area contributed by atoms with Crippen LogP contribution in [-0.2, 0) is 11.3 Å². The van der Waals surface area contributed by atoms with Gasteiger partial charge in [0.05, 0.1) is 23.5 Å². The molecule has 10 heteroatoms. The molecule has 1 heterocycles. The van der Waals surface area contributed by atoms with Crippen molar-refractivity contribution in [1.29, 1.82) is 0 Å². The van der Waals surface area contributed by atoms with Crippen molar-refractivity contribution < 1.29 is 14.5 Å². The van der Waals surface area contributed by atoms with Gasteiger partial charge in [0.1, 0.15) is 11.6 Å². The molecular formula is C14H17N5O4S. The van der Waals surface area contributed by atoms with Crippen molar-refractivity contribution in [2.24, 2.45) is 0 Å². The third kappa shape index (κ3) is 4.02. The molecule has 0 atom stereocenters. The number of carbonyl (C=O) groups excluding carboxylic acids is 1. The molecule has 2 aromatic rings. The molecule has 0 bridgehead atoms. The van der Waals surface area contributed by atoms with E-state index in [1.54, 1.807) is 0 Å². The number of carbonyl (C=O) groups is 1. The van der Waals surface area contributed by atoms with Crippen LogP contribution in [0.15, 0.2) is 23.4 Å². The largest absolute Gasteiger partial charge is 0.495 e. The molecule has 0 aliphatic heterocycles. The summed E-state index contributed by atoms with van der Waals surface area (Å²) in [5, 5.41) is 22.1. The van der Waals surface area contributed by atoms with Crippen molar-refractivity contribution in [1.82, 2.24) is 14.8 Å². The van der Waals surface area contributed by atoms with Gasteiger partial charge < -0.3 is 14.6 Å². The summed E-state index contributed by atoms with van der Waals surface area (Å²) in [5.74, 6) is 0.915. The van der Waals surface area contributed by atoms with Gasteiger partial charge in [0, 0.05) is 18.7 Å². The fourth-order valence-electron chi connectivity index (χ4n) is 2.06. The zero-order valence-corrected chi connectivity index (χ0v) is 14.3. The highest BCUT2D eigenvalue weighted by atomic mass is 32.2. The normalized spacial score (nSPS) is 10.5. The quantitative estimate of drug-likeness (QED) is 0.462. The standard InChI is InChI=1S/C14H17N5O4S/c1-4-18-9(2)16-17-14(18)24-8-13(20)15-11-7-10(19(21)22)5-6-12(11)23-3/h5-7H,4,8H2,1-3H3,(H,15,20). The highest BCUT2D eigenvalue weighted by Gasteiger charge is 2.15. The minimum atomic E-state index is -0.531. The van der Waals surface area contributed by atoms with Gasteiger partial charge in [-0.2, -0.15) is 0 Å². The number of methoxy groups -OCH3 is 1. The van der Waals surface area contributed by atoms with E-state index in [1.165, 1.54) is 37.1 Å². The Labute approximate surface area is 142 Å². The molecule has 0 spiro atoms. The van der Waals surface area contributed by atoms with Crippen LogP contribution in [0.1, 0.15) is 12.7 Å². The van der Waals surface area contributed by atoms with Crippen molar-refractivity contribution in [3.8, 4) is 5.75 Å². The average Bonchev–Trinajstić information content (AvgIpc) is 2.92. The van der Waals surface area contributed by atoms with Gasteiger partial charge in [-0.05, 0) is 19.9 Å². The first-order valence-electron chi connectivity index (χ1n) is 7.11. The third-order valence-electron chi connectivity index (χ3n) is 3.22. The molecule has 1 aromatic heterocycles. The first-order chi connectivity index (χ1) is 11.5. The van der Waals surface area contributed by atoms with E-state index in [-0.39, 0.29) is 23.0 Å². The summed E-state index contributed by atoms with van der Waals surface area (Å²) in [6, 6.07) is 4.02. The number of ether oxygens (including phenoxy) is 1. The number of non-ortho nitro benzene ring substituents is 1. The summed E-state index contributed by atoms with van der Waals surface area (Å²) in [6.45, 7) is 4.52. The number of nitrogens with one attached hydrogen (secondary N) is 1. The van der Waals surface area contributed by atoms with Crippen LogP contribution in [0.25, 0.3) is 0 Å². The number of hydrogen-bond acceptors (Lipinski definition) is 7. The maximum atomic E-state index is 12.1. The van der Waals surface area contributed by atoms with Crippen LogP contribution in [0.5, 0.6) is 5.75 Å². The number of amides is 1. The Balaban J connectivity index is 2.06. The first kappa shape index (κ1) is 17.7. The molecule has 0 fully saturated rings. The van der Waals surface area contributed by atoms with Gasteiger partial charge in [-0.15, -0.1) is 10.2 Å². The Bertz CT molecular complexity index is 762. The van der Waals surface area contributed by atoms with Gasteiger partial charge in [-0.1, -0.05) is 11.8 Å². The summed E-state index contributed by atoms with van der Waals surface area (Å²) >= 11 is 1.25. The highest BCUT2D eigenvalue weighted by Crippen LogP contribution is 2.29. The number of thioether (sulfide) groups is 1. The molecule has 1 amide bonds. The second-order valence-electron chi connectivity index (χ2n) is 4.75. The van der Waals surface area contributed by atoms with E-state index in [0.717, 1.165) is 5.82 Å². The maximum Gasteiger partial charge on any atom is 0.271 e. The lowest BCUT2D eigenvalue weighted by Gasteiger charge is -2.10. The molecule has 128 valence electrons. The van der Waals surface area contributed by atoms with Gasteiger partial charge in [0.2, 0.25) is 5.91 Å². The molecule has 0 radical (unpaired) electrons. The van der Waals surface area contributed by atoms with Crippen molar-refractivity contribution in [2.75, 3.05) is 18.2 Å². The van der Waals surface area contributed by atoms with E-state index in [4.69, 9.17) is 4.74 Å². The number of benzene rings is 1. The predicted octanol–water partition coefficient (Wildman–Crippen LogP) is 2.25. The molecule has 0 unspecified atom stereocenters. The molecule has 0 aliphatic rings. The molecule has 0 saturated carbocycles. The van der Waals surface area contributed by atoms with Crippen LogP contribution >= 0.6 is 11.8 Å². The minimum absolute atomic E-state index is 0.101.